The molecule has 1 fully saturated rings. The standard InChI is InChI=1S/C20H24FN3O4S/c1-22-29(26,27)15-9-10-17(21)16(12-15)20(25)24-19-18(8-5-11-23-19)28-13-14-6-3-2-4-7-14/h5,8-12,14,22H,2-4,6-7,13H2,1H3,(H,23,24,25). The Morgan fingerprint density at radius 2 is 2.00 bits per heavy atom. The van der Waals surface area contributed by atoms with Crippen LogP contribution in [0.5, 0.6) is 5.75 Å². The number of rotatable bonds is 7. The number of sulfonamides is 1. The number of halogens is 1. The van der Waals surface area contributed by atoms with Gasteiger partial charge >= 0.3 is 0 Å². The average Bonchev–Trinajstić information content (AvgIpc) is 2.74. The van der Waals surface area contributed by atoms with Crippen LogP contribution in [0.3, 0.4) is 0 Å². The van der Waals surface area contributed by atoms with Crippen LogP contribution in [-0.4, -0.2) is 33.0 Å². The lowest BCUT2D eigenvalue weighted by molar-refractivity contribution is 0.102. The Hall–Kier alpha value is -2.52. The van der Waals surface area contributed by atoms with Gasteiger partial charge in [-0.3, -0.25) is 4.79 Å². The van der Waals surface area contributed by atoms with Crippen LogP contribution in [0, 0.1) is 11.7 Å². The molecule has 0 aliphatic heterocycles. The summed E-state index contributed by atoms with van der Waals surface area (Å²) in [6.07, 6.45) is 7.34. The first kappa shape index (κ1) is 21.2. The number of nitrogens with one attached hydrogen (secondary N) is 2. The zero-order valence-corrected chi connectivity index (χ0v) is 17.0. The summed E-state index contributed by atoms with van der Waals surface area (Å²) in [6.45, 7) is 0.527. The second-order valence-corrected chi connectivity index (χ2v) is 8.86. The number of hydrogen-bond donors (Lipinski definition) is 2. The second-order valence-electron chi connectivity index (χ2n) is 6.97. The van der Waals surface area contributed by atoms with Crippen LogP contribution in [0.25, 0.3) is 0 Å². The molecule has 1 aromatic heterocycles. The van der Waals surface area contributed by atoms with Crippen molar-refractivity contribution in [2.24, 2.45) is 5.92 Å². The number of anilines is 1. The minimum absolute atomic E-state index is 0.162. The quantitative estimate of drug-likeness (QED) is 0.715. The number of amides is 1. The van der Waals surface area contributed by atoms with E-state index in [1.54, 1.807) is 12.1 Å². The van der Waals surface area contributed by atoms with Gasteiger partial charge in [0.25, 0.3) is 5.91 Å². The van der Waals surface area contributed by atoms with Crippen LogP contribution in [0.2, 0.25) is 0 Å². The molecule has 156 valence electrons. The lowest BCUT2D eigenvalue weighted by Gasteiger charge is -2.22. The first-order chi connectivity index (χ1) is 13.9. The summed E-state index contributed by atoms with van der Waals surface area (Å²) in [5.41, 5.74) is -0.398. The first-order valence-electron chi connectivity index (χ1n) is 9.53. The number of ether oxygens (including phenoxy) is 1. The molecule has 0 atom stereocenters. The van der Waals surface area contributed by atoms with Crippen molar-refractivity contribution < 1.29 is 22.3 Å². The smallest absolute Gasteiger partial charge is 0.259 e. The number of benzene rings is 1. The number of carbonyl (C=O) groups is 1. The van der Waals surface area contributed by atoms with Crippen LogP contribution in [0.1, 0.15) is 42.5 Å². The molecule has 1 aliphatic carbocycles. The summed E-state index contributed by atoms with van der Waals surface area (Å²) in [7, 11) is -2.57. The minimum Gasteiger partial charge on any atom is -0.489 e. The summed E-state index contributed by atoms with van der Waals surface area (Å²) in [5.74, 6) is -0.621. The van der Waals surface area contributed by atoms with Crippen LogP contribution < -0.4 is 14.8 Å². The molecule has 1 saturated carbocycles. The highest BCUT2D eigenvalue weighted by atomic mass is 32.2. The molecular formula is C20H24FN3O4S. The van der Waals surface area contributed by atoms with E-state index in [4.69, 9.17) is 4.74 Å². The molecule has 0 unspecified atom stereocenters. The maximum atomic E-state index is 14.2. The van der Waals surface area contributed by atoms with E-state index in [1.807, 2.05) is 0 Å². The maximum Gasteiger partial charge on any atom is 0.259 e. The van der Waals surface area contributed by atoms with Gasteiger partial charge in [-0.1, -0.05) is 19.3 Å². The van der Waals surface area contributed by atoms with Crippen molar-refractivity contribution >= 4 is 21.7 Å². The lowest BCUT2D eigenvalue weighted by atomic mass is 9.90. The summed E-state index contributed by atoms with van der Waals surface area (Å²) in [6, 6.07) is 6.40. The molecule has 0 saturated heterocycles. The van der Waals surface area contributed by atoms with Gasteiger partial charge in [0.15, 0.2) is 11.6 Å². The van der Waals surface area contributed by atoms with Crippen molar-refractivity contribution in [1.29, 1.82) is 0 Å². The predicted molar refractivity (Wildman–Crippen MR) is 107 cm³/mol. The Labute approximate surface area is 169 Å². The molecule has 0 spiro atoms. The van der Waals surface area contributed by atoms with Crippen molar-refractivity contribution in [2.75, 3.05) is 19.0 Å². The Morgan fingerprint density at radius 1 is 1.24 bits per heavy atom. The molecule has 0 bridgehead atoms. The molecule has 7 nitrogen and oxygen atoms in total. The minimum atomic E-state index is -3.81. The van der Waals surface area contributed by atoms with Gasteiger partial charge in [0.05, 0.1) is 17.1 Å². The lowest BCUT2D eigenvalue weighted by Crippen LogP contribution is -2.21. The van der Waals surface area contributed by atoms with Gasteiger partial charge < -0.3 is 10.1 Å². The topological polar surface area (TPSA) is 97.4 Å². The highest BCUT2D eigenvalue weighted by Crippen LogP contribution is 2.27. The van der Waals surface area contributed by atoms with Crippen LogP contribution >= 0.6 is 0 Å². The highest BCUT2D eigenvalue weighted by molar-refractivity contribution is 7.89. The average molecular weight is 421 g/mol. The van der Waals surface area contributed by atoms with Gasteiger partial charge in [0, 0.05) is 6.20 Å². The van der Waals surface area contributed by atoms with Gasteiger partial charge in [0.1, 0.15) is 5.82 Å². The van der Waals surface area contributed by atoms with Crippen LogP contribution in [-0.2, 0) is 10.0 Å². The van der Waals surface area contributed by atoms with E-state index in [9.17, 15) is 17.6 Å². The summed E-state index contributed by atoms with van der Waals surface area (Å²) in [5, 5.41) is 2.52. The van der Waals surface area contributed by atoms with Gasteiger partial charge in [-0.15, -0.1) is 0 Å². The zero-order chi connectivity index (χ0) is 20.9. The van der Waals surface area contributed by atoms with E-state index in [1.165, 1.54) is 32.5 Å². The van der Waals surface area contributed by atoms with Crippen LogP contribution in [0.4, 0.5) is 10.2 Å². The van der Waals surface area contributed by atoms with Gasteiger partial charge in [-0.2, -0.15) is 0 Å². The van der Waals surface area contributed by atoms with Crippen molar-refractivity contribution in [2.45, 2.75) is 37.0 Å². The summed E-state index contributed by atoms with van der Waals surface area (Å²) in [4.78, 5) is 16.5. The molecule has 9 heteroatoms. The largest absolute Gasteiger partial charge is 0.489 e. The molecule has 1 aliphatic rings. The molecule has 1 heterocycles. The number of carbonyl (C=O) groups excluding carboxylic acids is 1. The van der Waals surface area contributed by atoms with E-state index < -0.39 is 27.3 Å². The summed E-state index contributed by atoms with van der Waals surface area (Å²) >= 11 is 0. The highest BCUT2D eigenvalue weighted by Gasteiger charge is 2.20. The van der Waals surface area contributed by atoms with Crippen LogP contribution in [0.15, 0.2) is 41.4 Å². The van der Waals surface area contributed by atoms with E-state index in [0.717, 1.165) is 31.0 Å². The fourth-order valence-electron chi connectivity index (χ4n) is 3.30. The summed E-state index contributed by atoms with van der Waals surface area (Å²) < 4.78 is 46.1. The van der Waals surface area contributed by atoms with Gasteiger partial charge in [-0.05, 0) is 56.1 Å². The van der Waals surface area contributed by atoms with Crippen molar-refractivity contribution in [3.63, 3.8) is 0 Å². The molecule has 2 N–H and O–H groups in total. The van der Waals surface area contributed by atoms with E-state index in [0.29, 0.717) is 18.3 Å². The van der Waals surface area contributed by atoms with E-state index in [2.05, 4.69) is 15.0 Å². The number of hydrogen-bond acceptors (Lipinski definition) is 5. The Balaban J connectivity index is 1.76. The second kappa shape index (κ2) is 9.32. The Kier molecular flexibility index (Phi) is 6.81. The molecule has 1 amide bonds. The molecule has 3 rings (SSSR count). The van der Waals surface area contributed by atoms with Gasteiger partial charge in [0.2, 0.25) is 10.0 Å². The number of aromatic nitrogens is 1. The van der Waals surface area contributed by atoms with Gasteiger partial charge in [-0.25, -0.2) is 22.5 Å². The third-order valence-corrected chi connectivity index (χ3v) is 6.38. The van der Waals surface area contributed by atoms with E-state index >= 15 is 0 Å². The molecule has 0 radical (unpaired) electrons. The Bertz CT molecular complexity index is 975. The third-order valence-electron chi connectivity index (χ3n) is 4.96. The Morgan fingerprint density at radius 3 is 2.72 bits per heavy atom. The van der Waals surface area contributed by atoms with E-state index in [-0.39, 0.29) is 10.7 Å². The SMILES string of the molecule is CNS(=O)(=O)c1ccc(F)c(C(=O)Nc2ncccc2OCC2CCCCC2)c1. The molecule has 2 aromatic rings. The van der Waals surface area contributed by atoms with Crippen molar-refractivity contribution in [1.82, 2.24) is 9.71 Å². The first-order valence-corrected chi connectivity index (χ1v) is 11.0. The third kappa shape index (κ3) is 5.30. The molecule has 29 heavy (non-hydrogen) atoms. The fraction of sp³-hybridized carbons (Fsp3) is 0.400. The predicted octanol–water partition coefficient (Wildman–Crippen LogP) is 3.34. The monoisotopic (exact) mass is 421 g/mol. The molecular weight excluding hydrogens is 397 g/mol. The zero-order valence-electron chi connectivity index (χ0n) is 16.2. The maximum absolute atomic E-state index is 14.2. The van der Waals surface area contributed by atoms with Crippen molar-refractivity contribution in [3.05, 3.63) is 47.9 Å². The number of pyridine rings is 1. The number of nitrogens with zero attached hydrogens (tertiary/aromatic N) is 1. The normalized spacial score (nSPS) is 15.1. The molecule has 1 aromatic carbocycles. The van der Waals surface area contributed by atoms with Crippen molar-refractivity contribution in [3.8, 4) is 5.75 Å². The fourth-order valence-corrected chi connectivity index (χ4v) is 4.06.